The standard InChI is InChI=1S/C16H25N5O3.C5H11N.C2H3N.2C2H6/c1-16(2,3)24-15(22)21-9-11-12(10-21)18-14(23-4)19-13(11)20-7-5-17-6-8-20;1-6-4-2-3-5-6;1-2-3;2*1-2/h17H,5-10H2,1-4H3;2-5H2,1H3;1H3;2*1-2H3. The molecule has 0 atom stereocenters. The molecular weight excluding hydrogens is 470 g/mol. The third-order valence-electron chi connectivity index (χ3n) is 5.32. The van der Waals surface area contributed by atoms with Crippen molar-refractivity contribution in [1.29, 1.82) is 5.26 Å². The Hall–Kier alpha value is -2.64. The molecule has 2 fully saturated rings. The van der Waals surface area contributed by atoms with Gasteiger partial charge in [0.05, 0.1) is 32.0 Å². The van der Waals surface area contributed by atoms with Crippen LogP contribution in [0.3, 0.4) is 0 Å². The third-order valence-corrected chi connectivity index (χ3v) is 5.32. The Kier molecular flexibility index (Phi) is 17.3. The van der Waals surface area contributed by atoms with Gasteiger partial charge >= 0.3 is 12.1 Å². The second kappa shape index (κ2) is 18.6. The van der Waals surface area contributed by atoms with Gasteiger partial charge in [-0.15, -0.1) is 0 Å². The lowest BCUT2D eigenvalue weighted by molar-refractivity contribution is 0.0240. The smallest absolute Gasteiger partial charge is 0.410 e. The van der Waals surface area contributed by atoms with Crippen molar-refractivity contribution in [2.45, 2.75) is 86.9 Å². The van der Waals surface area contributed by atoms with Crippen LogP contribution in [-0.4, -0.2) is 84.9 Å². The molecule has 0 unspecified atom stereocenters. The van der Waals surface area contributed by atoms with Crippen molar-refractivity contribution in [3.8, 4) is 12.1 Å². The van der Waals surface area contributed by atoms with Gasteiger partial charge in [-0.1, -0.05) is 27.7 Å². The van der Waals surface area contributed by atoms with Gasteiger partial charge in [-0.3, -0.25) is 4.90 Å². The van der Waals surface area contributed by atoms with Gasteiger partial charge in [-0.2, -0.15) is 15.2 Å². The van der Waals surface area contributed by atoms with Crippen molar-refractivity contribution in [2.75, 3.05) is 58.3 Å². The highest BCUT2D eigenvalue weighted by molar-refractivity contribution is 5.70. The molecule has 4 heterocycles. The highest BCUT2D eigenvalue weighted by Gasteiger charge is 2.33. The Morgan fingerprint density at radius 3 is 1.97 bits per heavy atom. The molecule has 0 spiro atoms. The number of aromatic nitrogens is 2. The minimum absolute atomic E-state index is 0.328. The number of likely N-dealkylation sites (tertiary alicyclic amines) is 1. The zero-order valence-corrected chi connectivity index (χ0v) is 25.0. The average Bonchev–Trinajstić information content (AvgIpc) is 3.55. The molecule has 3 aliphatic rings. The molecular formula is C27H51N7O3. The molecule has 10 nitrogen and oxygen atoms in total. The maximum absolute atomic E-state index is 12.4. The SMILES string of the molecule is CC.CC.CC#N.CN1CCCC1.COc1nc2c(c(N3CCNCC3)n1)CN(C(=O)OC(C)(C)C)C2. The molecule has 0 aliphatic carbocycles. The van der Waals surface area contributed by atoms with Crippen molar-refractivity contribution >= 4 is 11.9 Å². The second-order valence-corrected chi connectivity index (χ2v) is 9.27. The van der Waals surface area contributed by atoms with E-state index in [1.807, 2.05) is 48.5 Å². The largest absolute Gasteiger partial charge is 0.467 e. The molecule has 2 saturated heterocycles. The number of anilines is 1. The predicted octanol–water partition coefficient (Wildman–Crippen LogP) is 4.44. The third kappa shape index (κ3) is 12.4. The molecule has 3 aliphatic heterocycles. The number of nitriles is 1. The molecule has 0 bridgehead atoms. The number of hydrogen-bond acceptors (Lipinski definition) is 9. The number of ether oxygens (including phenoxy) is 2. The summed E-state index contributed by atoms with van der Waals surface area (Å²) in [5, 5.41) is 10.7. The summed E-state index contributed by atoms with van der Waals surface area (Å²) in [6, 6.07) is 2.09. The Labute approximate surface area is 225 Å². The van der Waals surface area contributed by atoms with E-state index in [2.05, 4.69) is 32.1 Å². The van der Waals surface area contributed by atoms with Gasteiger partial charge in [-0.05, 0) is 53.8 Å². The van der Waals surface area contributed by atoms with Gasteiger partial charge in [0.1, 0.15) is 11.4 Å². The van der Waals surface area contributed by atoms with E-state index in [-0.39, 0.29) is 6.09 Å². The summed E-state index contributed by atoms with van der Waals surface area (Å²) < 4.78 is 10.7. The maximum atomic E-state index is 12.4. The summed E-state index contributed by atoms with van der Waals surface area (Å²) in [4.78, 5) is 27.6. The van der Waals surface area contributed by atoms with Crippen LogP contribution in [0.4, 0.5) is 10.6 Å². The van der Waals surface area contributed by atoms with Crippen molar-refractivity contribution < 1.29 is 14.3 Å². The quantitative estimate of drug-likeness (QED) is 0.604. The molecule has 0 saturated carbocycles. The Morgan fingerprint density at radius 1 is 1.00 bits per heavy atom. The molecule has 1 aromatic rings. The first-order chi connectivity index (χ1) is 17.7. The van der Waals surface area contributed by atoms with Crippen LogP contribution in [0.2, 0.25) is 0 Å². The molecule has 1 aromatic heterocycles. The normalized spacial score (nSPS) is 16.1. The van der Waals surface area contributed by atoms with Crippen LogP contribution >= 0.6 is 0 Å². The first kappa shape index (κ1) is 34.4. The fourth-order valence-electron chi connectivity index (χ4n) is 3.78. The number of nitrogens with zero attached hydrogens (tertiary/aromatic N) is 6. The number of methoxy groups -OCH3 is 1. The van der Waals surface area contributed by atoms with Gasteiger partial charge < -0.3 is 24.6 Å². The van der Waals surface area contributed by atoms with Gasteiger partial charge in [0.2, 0.25) is 0 Å². The molecule has 4 rings (SSSR count). The fourth-order valence-corrected chi connectivity index (χ4v) is 3.78. The van der Waals surface area contributed by atoms with Crippen LogP contribution in [-0.2, 0) is 17.8 Å². The van der Waals surface area contributed by atoms with E-state index >= 15 is 0 Å². The van der Waals surface area contributed by atoms with E-state index in [0.29, 0.717) is 19.1 Å². The topological polar surface area (TPSA) is 107 Å². The number of amides is 1. The minimum Gasteiger partial charge on any atom is -0.467 e. The fraction of sp³-hybridized carbons (Fsp3) is 0.778. The number of piperazine rings is 1. The van der Waals surface area contributed by atoms with Gasteiger partial charge in [0.15, 0.2) is 0 Å². The average molecular weight is 522 g/mol. The molecule has 212 valence electrons. The van der Waals surface area contributed by atoms with E-state index in [1.165, 1.54) is 32.9 Å². The van der Waals surface area contributed by atoms with Crippen molar-refractivity contribution in [3.05, 3.63) is 11.3 Å². The van der Waals surface area contributed by atoms with E-state index in [1.54, 1.807) is 18.1 Å². The predicted molar refractivity (Wildman–Crippen MR) is 150 cm³/mol. The molecule has 0 aromatic carbocycles. The lowest BCUT2D eigenvalue weighted by atomic mass is 10.2. The highest BCUT2D eigenvalue weighted by atomic mass is 16.6. The summed E-state index contributed by atoms with van der Waals surface area (Å²) in [7, 11) is 3.73. The van der Waals surface area contributed by atoms with Crippen molar-refractivity contribution in [3.63, 3.8) is 0 Å². The highest BCUT2D eigenvalue weighted by Crippen LogP contribution is 2.32. The summed E-state index contributed by atoms with van der Waals surface area (Å²) in [5.41, 5.74) is 1.31. The van der Waals surface area contributed by atoms with E-state index in [4.69, 9.17) is 14.7 Å². The number of hydrogen-bond donors (Lipinski definition) is 1. The summed E-state index contributed by atoms with van der Waals surface area (Å²) in [5.74, 6) is 0.865. The first-order valence-corrected chi connectivity index (χ1v) is 13.5. The molecule has 10 heteroatoms. The molecule has 37 heavy (non-hydrogen) atoms. The molecule has 0 radical (unpaired) electrons. The van der Waals surface area contributed by atoms with E-state index in [0.717, 1.165) is 43.3 Å². The zero-order chi connectivity index (χ0) is 28.4. The Bertz CT molecular complexity index is 809. The number of rotatable bonds is 2. The maximum Gasteiger partial charge on any atom is 0.410 e. The summed E-state index contributed by atoms with van der Waals surface area (Å²) in [6.07, 6.45) is 2.50. The van der Waals surface area contributed by atoms with Crippen molar-refractivity contribution in [2.24, 2.45) is 0 Å². The van der Waals surface area contributed by atoms with Crippen LogP contribution in [0.1, 0.15) is 79.5 Å². The van der Waals surface area contributed by atoms with E-state index in [9.17, 15) is 4.79 Å². The molecule has 1 amide bonds. The van der Waals surface area contributed by atoms with E-state index < -0.39 is 5.60 Å². The number of fused-ring (bicyclic) bond motifs is 1. The lowest BCUT2D eigenvalue weighted by Gasteiger charge is -2.30. The lowest BCUT2D eigenvalue weighted by Crippen LogP contribution is -2.44. The monoisotopic (exact) mass is 521 g/mol. The van der Waals surface area contributed by atoms with Gasteiger partial charge in [0, 0.05) is 38.7 Å². The second-order valence-electron chi connectivity index (χ2n) is 9.27. The summed E-state index contributed by atoms with van der Waals surface area (Å²) >= 11 is 0. The van der Waals surface area contributed by atoms with Gasteiger partial charge in [-0.25, -0.2) is 4.79 Å². The van der Waals surface area contributed by atoms with Crippen LogP contribution in [0, 0.1) is 11.3 Å². The van der Waals surface area contributed by atoms with Crippen LogP contribution in [0.25, 0.3) is 0 Å². The summed E-state index contributed by atoms with van der Waals surface area (Å²) in [6.45, 7) is 22.1. The minimum atomic E-state index is -0.517. The molecule has 1 N–H and O–H groups in total. The number of carbonyl (C=O) groups is 1. The first-order valence-electron chi connectivity index (χ1n) is 13.5. The van der Waals surface area contributed by atoms with Gasteiger partial charge in [0.25, 0.3) is 0 Å². The number of nitrogens with one attached hydrogen (secondary N) is 1. The zero-order valence-electron chi connectivity index (χ0n) is 25.0. The van der Waals surface area contributed by atoms with Crippen molar-refractivity contribution in [1.82, 2.24) is 25.1 Å². The Balaban J connectivity index is 0.000000831. The number of carbonyl (C=O) groups excluding carboxylic acids is 1. The Morgan fingerprint density at radius 2 is 1.54 bits per heavy atom. The van der Waals surface area contributed by atoms with Crippen LogP contribution < -0.4 is 15.0 Å². The van der Waals surface area contributed by atoms with Crippen LogP contribution in [0.5, 0.6) is 6.01 Å². The van der Waals surface area contributed by atoms with Crippen LogP contribution in [0.15, 0.2) is 0 Å².